The van der Waals surface area contributed by atoms with Crippen LogP contribution in [0, 0.1) is 6.92 Å². The Kier molecular flexibility index (Phi) is 5.67. The predicted molar refractivity (Wildman–Crippen MR) is 106 cm³/mol. The zero-order chi connectivity index (χ0) is 22.0. The second-order valence-corrected chi connectivity index (χ2v) is 6.46. The lowest BCUT2D eigenvalue weighted by Crippen LogP contribution is -2.20. The highest BCUT2D eigenvalue weighted by Gasteiger charge is 2.23. The first kappa shape index (κ1) is 20.8. The lowest BCUT2D eigenvalue weighted by atomic mass is 10.3. The number of esters is 1. The van der Waals surface area contributed by atoms with E-state index in [0.717, 1.165) is 5.69 Å². The fourth-order valence-corrected chi connectivity index (χ4v) is 2.76. The van der Waals surface area contributed by atoms with Crippen LogP contribution in [0.3, 0.4) is 0 Å². The second-order valence-electron chi connectivity index (χ2n) is 6.46. The number of ether oxygens (including phenoxy) is 1. The summed E-state index contributed by atoms with van der Waals surface area (Å²) in [6.07, 6.45) is 2.89. The molecule has 30 heavy (non-hydrogen) atoms. The van der Waals surface area contributed by atoms with E-state index in [-0.39, 0.29) is 29.4 Å². The Morgan fingerprint density at radius 1 is 0.967 bits per heavy atom. The van der Waals surface area contributed by atoms with Gasteiger partial charge in [0.25, 0.3) is 11.8 Å². The molecular formula is C18H22N8O4. The van der Waals surface area contributed by atoms with Gasteiger partial charge in [-0.05, 0) is 13.8 Å². The third kappa shape index (κ3) is 3.92. The van der Waals surface area contributed by atoms with Gasteiger partial charge in [-0.3, -0.25) is 23.6 Å². The number of aromatic nitrogens is 6. The predicted octanol–water partition coefficient (Wildman–Crippen LogP) is 0.877. The van der Waals surface area contributed by atoms with Crippen LogP contribution in [0.25, 0.3) is 0 Å². The Morgan fingerprint density at radius 3 is 2.23 bits per heavy atom. The van der Waals surface area contributed by atoms with Crippen molar-refractivity contribution in [3.63, 3.8) is 0 Å². The first-order chi connectivity index (χ1) is 14.2. The van der Waals surface area contributed by atoms with Crippen LogP contribution in [0.5, 0.6) is 0 Å². The minimum atomic E-state index is -0.597. The maximum absolute atomic E-state index is 12.8. The van der Waals surface area contributed by atoms with Gasteiger partial charge in [-0.25, -0.2) is 4.79 Å². The van der Waals surface area contributed by atoms with Crippen molar-refractivity contribution in [2.24, 2.45) is 21.1 Å². The summed E-state index contributed by atoms with van der Waals surface area (Å²) in [4.78, 5) is 37.3. The smallest absolute Gasteiger partial charge is 0.356 e. The van der Waals surface area contributed by atoms with Gasteiger partial charge in [-0.2, -0.15) is 15.3 Å². The summed E-state index contributed by atoms with van der Waals surface area (Å²) in [5.41, 5.74) is 1.80. The molecule has 0 aliphatic carbocycles. The number of rotatable bonds is 6. The molecule has 3 rings (SSSR count). The van der Waals surface area contributed by atoms with E-state index in [1.54, 1.807) is 25.7 Å². The Hall–Kier alpha value is -3.96. The minimum absolute atomic E-state index is 0.00105. The van der Waals surface area contributed by atoms with Crippen molar-refractivity contribution in [2.75, 3.05) is 17.2 Å². The second kappa shape index (κ2) is 8.19. The van der Waals surface area contributed by atoms with Crippen LogP contribution in [-0.2, 0) is 25.9 Å². The monoisotopic (exact) mass is 414 g/mol. The molecule has 0 aliphatic heterocycles. The summed E-state index contributed by atoms with van der Waals surface area (Å²) in [7, 11) is 4.88. The van der Waals surface area contributed by atoms with Crippen LogP contribution in [0.4, 0.5) is 11.4 Å². The molecule has 0 atom stereocenters. The quantitative estimate of drug-likeness (QED) is 0.571. The molecule has 0 saturated carbocycles. The summed E-state index contributed by atoms with van der Waals surface area (Å²) in [6.45, 7) is 3.71. The molecule has 0 radical (unpaired) electrons. The van der Waals surface area contributed by atoms with Crippen molar-refractivity contribution in [2.45, 2.75) is 13.8 Å². The maximum atomic E-state index is 12.8. The van der Waals surface area contributed by atoms with Gasteiger partial charge in [0, 0.05) is 27.2 Å². The Balaban J connectivity index is 1.80. The number of nitrogens with zero attached hydrogens (tertiary/aromatic N) is 6. The van der Waals surface area contributed by atoms with E-state index in [4.69, 9.17) is 4.74 Å². The van der Waals surface area contributed by atoms with Gasteiger partial charge in [0.05, 0.1) is 36.1 Å². The van der Waals surface area contributed by atoms with Gasteiger partial charge >= 0.3 is 5.97 Å². The van der Waals surface area contributed by atoms with E-state index in [9.17, 15) is 14.4 Å². The van der Waals surface area contributed by atoms with Crippen molar-refractivity contribution in [1.29, 1.82) is 0 Å². The Labute approximate surface area is 171 Å². The summed E-state index contributed by atoms with van der Waals surface area (Å²) >= 11 is 0. The average molecular weight is 414 g/mol. The van der Waals surface area contributed by atoms with Crippen LogP contribution in [0.15, 0.2) is 18.5 Å². The molecule has 0 unspecified atom stereocenters. The van der Waals surface area contributed by atoms with Gasteiger partial charge in [0.15, 0.2) is 5.69 Å². The summed E-state index contributed by atoms with van der Waals surface area (Å²) in [5, 5.41) is 17.5. The lowest BCUT2D eigenvalue weighted by molar-refractivity contribution is 0.0513. The number of anilines is 2. The maximum Gasteiger partial charge on any atom is 0.356 e. The summed E-state index contributed by atoms with van der Waals surface area (Å²) < 4.78 is 9.17. The first-order valence-electron chi connectivity index (χ1n) is 9.07. The standard InChI is InChI=1S/C18H22N8O4/c1-6-30-18(29)14-7-11(23-25(14)4)16(27)22-13-9-20-26(5)15(13)17(28)21-12-8-19-24(3)10(12)2/h7-9H,6H2,1-5H3,(H,21,28)(H,22,27). The number of hydrogen-bond donors (Lipinski definition) is 2. The molecule has 0 spiro atoms. The number of nitrogens with one attached hydrogen (secondary N) is 2. The molecule has 12 heteroatoms. The van der Waals surface area contributed by atoms with E-state index in [0.29, 0.717) is 5.69 Å². The molecule has 3 aromatic rings. The van der Waals surface area contributed by atoms with Crippen molar-refractivity contribution in [3.05, 3.63) is 41.2 Å². The fraction of sp³-hybridized carbons (Fsp3) is 0.333. The van der Waals surface area contributed by atoms with Crippen molar-refractivity contribution < 1.29 is 19.1 Å². The highest BCUT2D eigenvalue weighted by atomic mass is 16.5. The number of amides is 2. The number of hydrogen-bond acceptors (Lipinski definition) is 7. The van der Waals surface area contributed by atoms with Gasteiger partial charge in [-0.1, -0.05) is 0 Å². The Morgan fingerprint density at radius 2 is 1.60 bits per heavy atom. The van der Waals surface area contributed by atoms with E-state index >= 15 is 0 Å². The molecule has 3 aromatic heterocycles. The van der Waals surface area contributed by atoms with Crippen LogP contribution < -0.4 is 10.6 Å². The summed E-state index contributed by atoms with van der Waals surface area (Å²) in [5.74, 6) is -1.64. The topological polar surface area (TPSA) is 138 Å². The first-order valence-corrected chi connectivity index (χ1v) is 9.07. The van der Waals surface area contributed by atoms with Gasteiger partial charge in [0.2, 0.25) is 0 Å². The number of aryl methyl sites for hydroxylation is 3. The third-order valence-corrected chi connectivity index (χ3v) is 4.48. The molecule has 0 fully saturated rings. The molecule has 0 bridgehead atoms. The molecule has 158 valence electrons. The fourth-order valence-electron chi connectivity index (χ4n) is 2.76. The molecule has 2 N–H and O–H groups in total. The normalized spacial score (nSPS) is 10.7. The van der Waals surface area contributed by atoms with Gasteiger partial charge in [-0.15, -0.1) is 0 Å². The molecule has 3 heterocycles. The van der Waals surface area contributed by atoms with Crippen LogP contribution in [0.1, 0.15) is 44.1 Å². The van der Waals surface area contributed by atoms with Gasteiger partial charge < -0.3 is 15.4 Å². The van der Waals surface area contributed by atoms with Crippen LogP contribution in [-0.4, -0.2) is 53.7 Å². The van der Waals surface area contributed by atoms with E-state index < -0.39 is 17.8 Å². The van der Waals surface area contributed by atoms with Crippen LogP contribution in [0.2, 0.25) is 0 Å². The van der Waals surface area contributed by atoms with E-state index in [2.05, 4.69) is 25.9 Å². The molecule has 2 amide bonds. The largest absolute Gasteiger partial charge is 0.461 e. The van der Waals surface area contributed by atoms with Crippen molar-refractivity contribution in [1.82, 2.24) is 29.3 Å². The molecular weight excluding hydrogens is 392 g/mol. The SMILES string of the molecule is CCOC(=O)c1cc(C(=O)Nc2cnn(C)c2C(=O)Nc2cnn(C)c2C)nn1C. The van der Waals surface area contributed by atoms with Crippen molar-refractivity contribution in [3.8, 4) is 0 Å². The van der Waals surface area contributed by atoms with E-state index in [1.807, 2.05) is 6.92 Å². The number of carbonyl (C=O) groups is 3. The molecule has 0 aliphatic rings. The average Bonchev–Trinajstić information content (AvgIpc) is 3.35. The molecule has 12 nitrogen and oxygen atoms in total. The minimum Gasteiger partial charge on any atom is -0.461 e. The molecule has 0 saturated heterocycles. The Bertz CT molecular complexity index is 1120. The van der Waals surface area contributed by atoms with E-state index in [1.165, 1.54) is 34.9 Å². The molecule has 0 aromatic carbocycles. The van der Waals surface area contributed by atoms with Crippen molar-refractivity contribution >= 4 is 29.2 Å². The van der Waals surface area contributed by atoms with Gasteiger partial charge in [0.1, 0.15) is 11.4 Å². The zero-order valence-corrected chi connectivity index (χ0v) is 17.3. The highest BCUT2D eigenvalue weighted by Crippen LogP contribution is 2.19. The third-order valence-electron chi connectivity index (χ3n) is 4.48. The number of carbonyl (C=O) groups excluding carboxylic acids is 3. The highest BCUT2D eigenvalue weighted by molar-refractivity contribution is 6.11. The lowest BCUT2D eigenvalue weighted by Gasteiger charge is -2.08. The van der Waals surface area contributed by atoms with Crippen LogP contribution >= 0.6 is 0 Å². The zero-order valence-electron chi connectivity index (χ0n) is 17.3. The summed E-state index contributed by atoms with van der Waals surface area (Å²) in [6, 6.07) is 1.32.